The summed E-state index contributed by atoms with van der Waals surface area (Å²) in [6.45, 7) is 7.89. The monoisotopic (exact) mass is 259 g/mol. The van der Waals surface area contributed by atoms with Gasteiger partial charge in [0, 0.05) is 10.6 Å². The lowest BCUT2D eigenvalue weighted by atomic mass is 10.1. The summed E-state index contributed by atoms with van der Waals surface area (Å²) in [5, 5.41) is 0. The van der Waals surface area contributed by atoms with Crippen LogP contribution < -0.4 is 0 Å². The molecule has 0 bridgehead atoms. The van der Waals surface area contributed by atoms with Crippen molar-refractivity contribution in [3.8, 4) is 0 Å². The molecule has 90 valence electrons. The van der Waals surface area contributed by atoms with Crippen LogP contribution in [0.1, 0.15) is 31.3 Å². The summed E-state index contributed by atoms with van der Waals surface area (Å²) in [4.78, 5) is 15.6. The van der Waals surface area contributed by atoms with E-state index in [4.69, 9.17) is 17.0 Å². The number of hydrogen-bond acceptors (Lipinski definition) is 4. The predicted octanol–water partition coefficient (Wildman–Crippen LogP) is 3.24. The van der Waals surface area contributed by atoms with Gasteiger partial charge in [0.1, 0.15) is 6.10 Å². The van der Waals surface area contributed by atoms with Gasteiger partial charge in [-0.15, -0.1) is 11.3 Å². The van der Waals surface area contributed by atoms with Gasteiger partial charge in [0.15, 0.2) is 3.95 Å². The second-order valence-corrected chi connectivity index (χ2v) is 5.95. The Bertz CT molecular complexity index is 420. The Morgan fingerprint density at radius 3 is 2.56 bits per heavy atom. The number of nitrogens with one attached hydrogen (secondary N) is 1. The smallest absolute Gasteiger partial charge is 0.311 e. The first-order valence-electron chi connectivity index (χ1n) is 5.28. The largest absolute Gasteiger partial charge is 0.462 e. The Morgan fingerprint density at radius 2 is 2.12 bits per heavy atom. The van der Waals surface area contributed by atoms with E-state index >= 15 is 0 Å². The molecule has 1 heterocycles. The highest BCUT2D eigenvalue weighted by molar-refractivity contribution is 7.73. The summed E-state index contributed by atoms with van der Waals surface area (Å²) in [7, 11) is 0. The van der Waals surface area contributed by atoms with Crippen LogP contribution in [0.2, 0.25) is 0 Å². The zero-order valence-electron chi connectivity index (χ0n) is 9.99. The standard InChI is InChI=1S/C11H17NO2S2/c1-6(2)8(4)14-10(13)5-9-7(3)12-11(15)16-9/h6,8H,5H2,1-4H3,(H,12,15). The first-order chi connectivity index (χ1) is 7.40. The van der Waals surface area contributed by atoms with Crippen LogP contribution in [0.15, 0.2) is 0 Å². The molecule has 1 atom stereocenters. The number of hydrogen-bond donors (Lipinski definition) is 1. The highest BCUT2D eigenvalue weighted by atomic mass is 32.1. The van der Waals surface area contributed by atoms with Crippen molar-refractivity contribution in [3.63, 3.8) is 0 Å². The summed E-state index contributed by atoms with van der Waals surface area (Å²) in [5.41, 5.74) is 0.962. The molecule has 16 heavy (non-hydrogen) atoms. The molecule has 0 saturated heterocycles. The fraction of sp³-hybridized carbons (Fsp3) is 0.636. The van der Waals surface area contributed by atoms with Gasteiger partial charge in [-0.3, -0.25) is 4.79 Å². The Labute approximate surface area is 105 Å². The SMILES string of the molecule is Cc1[nH]c(=S)sc1CC(=O)OC(C)C(C)C. The van der Waals surface area contributed by atoms with Gasteiger partial charge in [-0.05, 0) is 32.0 Å². The van der Waals surface area contributed by atoms with Gasteiger partial charge in [-0.25, -0.2) is 0 Å². The third kappa shape index (κ3) is 3.72. The number of thiazole rings is 1. The van der Waals surface area contributed by atoms with Crippen molar-refractivity contribution >= 4 is 29.5 Å². The molecule has 1 N–H and O–H groups in total. The molecule has 0 saturated carbocycles. The average Bonchev–Trinajstić information content (AvgIpc) is 2.44. The fourth-order valence-corrected chi connectivity index (χ4v) is 2.40. The number of ether oxygens (including phenoxy) is 1. The minimum Gasteiger partial charge on any atom is -0.462 e. The summed E-state index contributed by atoms with van der Waals surface area (Å²) in [6.07, 6.45) is 0.264. The lowest BCUT2D eigenvalue weighted by Gasteiger charge is -2.16. The number of esters is 1. The first-order valence-corrected chi connectivity index (χ1v) is 6.50. The van der Waals surface area contributed by atoms with Gasteiger partial charge < -0.3 is 9.72 Å². The second kappa shape index (κ2) is 5.59. The zero-order valence-corrected chi connectivity index (χ0v) is 11.6. The van der Waals surface area contributed by atoms with Crippen molar-refractivity contribution in [1.82, 2.24) is 4.98 Å². The molecule has 1 rings (SSSR count). The number of aryl methyl sites for hydroxylation is 1. The molecule has 0 aliphatic rings. The van der Waals surface area contributed by atoms with E-state index in [1.807, 2.05) is 27.7 Å². The van der Waals surface area contributed by atoms with E-state index in [0.29, 0.717) is 16.3 Å². The van der Waals surface area contributed by atoms with Crippen molar-refractivity contribution in [1.29, 1.82) is 0 Å². The third-order valence-corrected chi connectivity index (χ3v) is 3.82. The highest BCUT2D eigenvalue weighted by Crippen LogP contribution is 2.16. The molecule has 5 heteroatoms. The summed E-state index contributed by atoms with van der Waals surface area (Å²) in [5.74, 6) is 0.156. The van der Waals surface area contributed by atoms with Crippen LogP contribution >= 0.6 is 23.6 Å². The van der Waals surface area contributed by atoms with Crippen molar-refractivity contribution in [3.05, 3.63) is 14.5 Å². The van der Waals surface area contributed by atoms with E-state index in [2.05, 4.69) is 4.98 Å². The first kappa shape index (κ1) is 13.4. The van der Waals surface area contributed by atoms with E-state index in [0.717, 1.165) is 10.6 Å². The number of carbonyl (C=O) groups is 1. The minimum absolute atomic E-state index is 0.0419. The van der Waals surface area contributed by atoms with Crippen molar-refractivity contribution in [2.45, 2.75) is 40.2 Å². The molecule has 0 spiro atoms. The summed E-state index contributed by atoms with van der Waals surface area (Å²) >= 11 is 6.45. The van der Waals surface area contributed by atoms with E-state index in [1.54, 1.807) is 0 Å². The molecule has 0 aromatic carbocycles. The van der Waals surface area contributed by atoms with E-state index in [9.17, 15) is 4.79 Å². The van der Waals surface area contributed by atoms with Crippen LogP contribution in [0.4, 0.5) is 0 Å². The molecule has 0 aliphatic heterocycles. The van der Waals surface area contributed by atoms with E-state index in [-0.39, 0.29) is 12.1 Å². The van der Waals surface area contributed by atoms with Gasteiger partial charge in [-0.2, -0.15) is 0 Å². The second-order valence-electron chi connectivity index (χ2n) is 4.18. The number of aromatic amines is 1. The molecular weight excluding hydrogens is 242 g/mol. The fourth-order valence-electron chi connectivity index (χ4n) is 1.12. The molecule has 0 aliphatic carbocycles. The maximum atomic E-state index is 11.6. The highest BCUT2D eigenvalue weighted by Gasteiger charge is 2.15. The number of carbonyl (C=O) groups excluding carboxylic acids is 1. The summed E-state index contributed by atoms with van der Waals surface area (Å²) in [6, 6.07) is 0. The lowest BCUT2D eigenvalue weighted by Crippen LogP contribution is -2.21. The Balaban J connectivity index is 2.58. The van der Waals surface area contributed by atoms with Crippen LogP contribution in [-0.4, -0.2) is 17.1 Å². The number of aromatic nitrogens is 1. The molecule has 0 fully saturated rings. The molecule has 1 unspecified atom stereocenters. The predicted molar refractivity (Wildman–Crippen MR) is 68.3 cm³/mol. The maximum absolute atomic E-state index is 11.6. The third-order valence-electron chi connectivity index (χ3n) is 2.48. The van der Waals surface area contributed by atoms with Crippen LogP contribution in [0, 0.1) is 16.8 Å². The van der Waals surface area contributed by atoms with Crippen molar-refractivity contribution < 1.29 is 9.53 Å². The van der Waals surface area contributed by atoms with Crippen molar-refractivity contribution in [2.24, 2.45) is 5.92 Å². The van der Waals surface area contributed by atoms with E-state index < -0.39 is 0 Å². The minimum atomic E-state index is -0.186. The lowest BCUT2D eigenvalue weighted by molar-refractivity contribution is -0.149. The molecule has 1 aromatic rings. The Kier molecular flexibility index (Phi) is 4.68. The van der Waals surface area contributed by atoms with Gasteiger partial charge >= 0.3 is 5.97 Å². The molecule has 0 amide bonds. The van der Waals surface area contributed by atoms with Crippen LogP contribution in [0.25, 0.3) is 0 Å². The molecule has 1 aromatic heterocycles. The summed E-state index contributed by atoms with van der Waals surface area (Å²) < 4.78 is 6.01. The number of H-pyrrole nitrogens is 1. The quantitative estimate of drug-likeness (QED) is 0.666. The number of rotatable bonds is 4. The topological polar surface area (TPSA) is 42.1 Å². The molecule has 0 radical (unpaired) electrons. The zero-order chi connectivity index (χ0) is 12.3. The van der Waals surface area contributed by atoms with Gasteiger partial charge in [0.2, 0.25) is 0 Å². The molecular formula is C11H17NO2S2. The van der Waals surface area contributed by atoms with Gasteiger partial charge in [-0.1, -0.05) is 13.8 Å². The van der Waals surface area contributed by atoms with Gasteiger partial charge in [0.25, 0.3) is 0 Å². The van der Waals surface area contributed by atoms with Gasteiger partial charge in [0.05, 0.1) is 6.42 Å². The van der Waals surface area contributed by atoms with Crippen LogP contribution in [-0.2, 0) is 16.0 Å². The Hall–Kier alpha value is -0.680. The normalized spacial score (nSPS) is 12.8. The van der Waals surface area contributed by atoms with Crippen LogP contribution in [0.5, 0.6) is 0 Å². The average molecular weight is 259 g/mol. The molecule has 3 nitrogen and oxygen atoms in total. The Morgan fingerprint density at radius 1 is 1.50 bits per heavy atom. The maximum Gasteiger partial charge on any atom is 0.311 e. The van der Waals surface area contributed by atoms with Crippen LogP contribution in [0.3, 0.4) is 0 Å². The van der Waals surface area contributed by atoms with E-state index in [1.165, 1.54) is 11.3 Å². The van der Waals surface area contributed by atoms with Crippen molar-refractivity contribution in [2.75, 3.05) is 0 Å².